The average Bonchev–Trinajstić information content (AvgIpc) is 2.58. The molecule has 1 aliphatic heterocycles. The van der Waals surface area contributed by atoms with Crippen LogP contribution < -0.4 is 10.6 Å². The molecule has 1 fully saturated rings. The minimum Gasteiger partial charge on any atom is -0.470 e. The molecule has 0 radical (unpaired) electrons. The van der Waals surface area contributed by atoms with Gasteiger partial charge in [-0.25, -0.2) is 0 Å². The Morgan fingerprint density at radius 3 is 2.75 bits per heavy atom. The summed E-state index contributed by atoms with van der Waals surface area (Å²) in [6, 6.07) is 2.39. The summed E-state index contributed by atoms with van der Waals surface area (Å²) in [6.07, 6.45) is 5.68. The highest BCUT2D eigenvalue weighted by Gasteiger charge is 2.16. The molecule has 0 unspecified atom stereocenters. The number of nitrogens with two attached hydrogens (primary N) is 1. The Bertz CT molecular complexity index is 225. The van der Waals surface area contributed by atoms with Crippen molar-refractivity contribution >= 4 is 5.69 Å². The minimum atomic E-state index is 0.396. The molecule has 2 N–H and O–H groups in total. The van der Waals surface area contributed by atoms with Crippen LogP contribution in [0.1, 0.15) is 12.8 Å². The van der Waals surface area contributed by atoms with E-state index in [0.717, 1.165) is 25.9 Å². The third-order valence-electron chi connectivity index (χ3n) is 2.41. The first kappa shape index (κ1) is 7.68. The summed E-state index contributed by atoms with van der Waals surface area (Å²) < 4.78 is 5.02. The molecule has 0 aliphatic carbocycles. The fourth-order valence-electron chi connectivity index (χ4n) is 1.59. The van der Waals surface area contributed by atoms with Crippen molar-refractivity contribution in [2.24, 2.45) is 5.73 Å². The van der Waals surface area contributed by atoms with Crippen LogP contribution >= 0.6 is 0 Å². The zero-order valence-electron chi connectivity index (χ0n) is 7.07. The van der Waals surface area contributed by atoms with Gasteiger partial charge in [-0.2, -0.15) is 0 Å². The van der Waals surface area contributed by atoms with Crippen molar-refractivity contribution in [2.45, 2.75) is 18.9 Å². The first-order valence-electron chi connectivity index (χ1n) is 4.39. The van der Waals surface area contributed by atoms with E-state index in [9.17, 15) is 0 Å². The molecule has 2 heterocycles. The first-order valence-corrected chi connectivity index (χ1v) is 4.39. The van der Waals surface area contributed by atoms with Crippen LogP contribution in [-0.2, 0) is 0 Å². The van der Waals surface area contributed by atoms with Gasteiger partial charge in [0.2, 0.25) is 0 Å². The maximum atomic E-state index is 5.80. The highest BCUT2D eigenvalue weighted by Crippen LogP contribution is 2.19. The van der Waals surface area contributed by atoms with E-state index >= 15 is 0 Å². The maximum Gasteiger partial charge on any atom is 0.114 e. The van der Waals surface area contributed by atoms with Crippen LogP contribution in [-0.4, -0.2) is 19.1 Å². The summed E-state index contributed by atoms with van der Waals surface area (Å²) in [5.74, 6) is 0. The van der Waals surface area contributed by atoms with Gasteiger partial charge in [-0.05, 0) is 18.9 Å². The molecule has 0 aromatic carbocycles. The number of anilines is 1. The van der Waals surface area contributed by atoms with Crippen molar-refractivity contribution in [1.29, 1.82) is 0 Å². The standard InChI is InChI=1S/C9H14N2O/c10-8-1-4-11(5-2-8)9-3-6-12-7-9/h3,6-8H,1-2,4-5,10H2. The van der Waals surface area contributed by atoms with E-state index in [1.807, 2.05) is 6.07 Å². The minimum absolute atomic E-state index is 0.396. The van der Waals surface area contributed by atoms with Gasteiger partial charge in [0.25, 0.3) is 0 Å². The predicted octanol–water partition coefficient (Wildman–Crippen LogP) is 1.21. The van der Waals surface area contributed by atoms with E-state index in [2.05, 4.69) is 4.90 Å². The molecule has 1 aromatic rings. The zero-order chi connectivity index (χ0) is 8.39. The second kappa shape index (κ2) is 3.19. The lowest BCUT2D eigenvalue weighted by molar-refractivity contribution is 0.498. The summed E-state index contributed by atoms with van der Waals surface area (Å²) in [5.41, 5.74) is 6.98. The second-order valence-electron chi connectivity index (χ2n) is 3.31. The van der Waals surface area contributed by atoms with Gasteiger partial charge in [0, 0.05) is 19.1 Å². The predicted molar refractivity (Wildman–Crippen MR) is 48.1 cm³/mol. The number of piperidine rings is 1. The molecule has 66 valence electrons. The largest absolute Gasteiger partial charge is 0.470 e. The number of hydrogen-bond acceptors (Lipinski definition) is 3. The summed E-state index contributed by atoms with van der Waals surface area (Å²) in [4.78, 5) is 2.31. The normalized spacial score (nSPS) is 19.9. The van der Waals surface area contributed by atoms with Crippen LogP contribution in [0.5, 0.6) is 0 Å². The summed E-state index contributed by atoms with van der Waals surface area (Å²) in [7, 11) is 0. The summed E-state index contributed by atoms with van der Waals surface area (Å²) >= 11 is 0. The van der Waals surface area contributed by atoms with Crippen LogP contribution in [0, 0.1) is 0 Å². The molecule has 0 saturated carbocycles. The molecule has 1 aliphatic rings. The van der Waals surface area contributed by atoms with Crippen molar-refractivity contribution in [1.82, 2.24) is 0 Å². The summed E-state index contributed by atoms with van der Waals surface area (Å²) in [5, 5.41) is 0. The van der Waals surface area contributed by atoms with E-state index in [-0.39, 0.29) is 0 Å². The zero-order valence-corrected chi connectivity index (χ0v) is 7.07. The lowest BCUT2D eigenvalue weighted by atomic mass is 10.1. The molecule has 0 spiro atoms. The van der Waals surface area contributed by atoms with Crippen molar-refractivity contribution in [2.75, 3.05) is 18.0 Å². The molecule has 0 atom stereocenters. The van der Waals surface area contributed by atoms with Crippen molar-refractivity contribution in [3.05, 3.63) is 18.6 Å². The summed E-state index contributed by atoms with van der Waals surface area (Å²) in [6.45, 7) is 2.11. The van der Waals surface area contributed by atoms with Gasteiger partial charge < -0.3 is 15.1 Å². The molecule has 0 amide bonds. The molecular formula is C9H14N2O. The van der Waals surface area contributed by atoms with E-state index in [1.165, 1.54) is 5.69 Å². The molecule has 3 heteroatoms. The first-order chi connectivity index (χ1) is 5.86. The van der Waals surface area contributed by atoms with Gasteiger partial charge in [-0.15, -0.1) is 0 Å². The van der Waals surface area contributed by atoms with E-state index in [1.54, 1.807) is 12.5 Å². The number of hydrogen-bond donors (Lipinski definition) is 1. The third-order valence-corrected chi connectivity index (χ3v) is 2.41. The van der Waals surface area contributed by atoms with Gasteiger partial charge >= 0.3 is 0 Å². The fourth-order valence-corrected chi connectivity index (χ4v) is 1.59. The Balaban J connectivity index is 1.99. The lowest BCUT2D eigenvalue weighted by Gasteiger charge is -2.30. The highest BCUT2D eigenvalue weighted by atomic mass is 16.3. The van der Waals surface area contributed by atoms with Gasteiger partial charge in [0.1, 0.15) is 6.26 Å². The molecule has 2 rings (SSSR count). The van der Waals surface area contributed by atoms with E-state index in [4.69, 9.17) is 10.2 Å². The van der Waals surface area contributed by atoms with Crippen LogP contribution in [0.15, 0.2) is 23.0 Å². The third kappa shape index (κ3) is 1.46. The lowest BCUT2D eigenvalue weighted by Crippen LogP contribution is -2.39. The fraction of sp³-hybridized carbons (Fsp3) is 0.556. The molecule has 12 heavy (non-hydrogen) atoms. The molecule has 1 aromatic heterocycles. The van der Waals surface area contributed by atoms with Crippen LogP contribution in [0.4, 0.5) is 5.69 Å². The van der Waals surface area contributed by atoms with Gasteiger partial charge in [0.15, 0.2) is 0 Å². The van der Waals surface area contributed by atoms with Crippen LogP contribution in [0.25, 0.3) is 0 Å². The van der Waals surface area contributed by atoms with Crippen LogP contribution in [0.2, 0.25) is 0 Å². The molecule has 0 bridgehead atoms. The Labute approximate surface area is 72.1 Å². The number of rotatable bonds is 1. The van der Waals surface area contributed by atoms with Crippen molar-refractivity contribution in [3.8, 4) is 0 Å². The Morgan fingerprint density at radius 2 is 2.17 bits per heavy atom. The maximum absolute atomic E-state index is 5.80. The van der Waals surface area contributed by atoms with Gasteiger partial charge in [-0.1, -0.05) is 0 Å². The van der Waals surface area contributed by atoms with Gasteiger partial charge in [-0.3, -0.25) is 0 Å². The van der Waals surface area contributed by atoms with Crippen molar-refractivity contribution in [3.63, 3.8) is 0 Å². The Hall–Kier alpha value is -0.960. The van der Waals surface area contributed by atoms with Crippen molar-refractivity contribution < 1.29 is 4.42 Å². The van der Waals surface area contributed by atoms with Crippen LogP contribution in [0.3, 0.4) is 0 Å². The smallest absolute Gasteiger partial charge is 0.114 e. The Morgan fingerprint density at radius 1 is 1.42 bits per heavy atom. The second-order valence-corrected chi connectivity index (χ2v) is 3.31. The van der Waals surface area contributed by atoms with E-state index in [0.29, 0.717) is 6.04 Å². The highest BCUT2D eigenvalue weighted by molar-refractivity contribution is 5.43. The molecule has 1 saturated heterocycles. The van der Waals surface area contributed by atoms with Gasteiger partial charge in [0.05, 0.1) is 12.0 Å². The number of nitrogens with zero attached hydrogens (tertiary/aromatic N) is 1. The quantitative estimate of drug-likeness (QED) is 0.681. The number of furan rings is 1. The Kier molecular flexibility index (Phi) is 2.04. The SMILES string of the molecule is NC1CCN(c2ccoc2)CC1. The molecular weight excluding hydrogens is 152 g/mol. The topological polar surface area (TPSA) is 42.4 Å². The molecule has 3 nitrogen and oxygen atoms in total. The average molecular weight is 166 g/mol. The van der Waals surface area contributed by atoms with E-state index < -0.39 is 0 Å². The monoisotopic (exact) mass is 166 g/mol.